The van der Waals surface area contributed by atoms with E-state index < -0.39 is 5.60 Å². The molecule has 0 heterocycles. The van der Waals surface area contributed by atoms with Crippen molar-refractivity contribution in [1.82, 2.24) is 0 Å². The summed E-state index contributed by atoms with van der Waals surface area (Å²) in [5, 5.41) is 10.4. The minimum Gasteiger partial charge on any atom is -0.390 e. The molecule has 0 aromatic carbocycles. The molecule has 2 heteroatoms. The van der Waals surface area contributed by atoms with E-state index >= 15 is 0 Å². The van der Waals surface area contributed by atoms with Gasteiger partial charge < -0.3 is 9.84 Å². The van der Waals surface area contributed by atoms with Gasteiger partial charge in [-0.05, 0) is 50.9 Å². The van der Waals surface area contributed by atoms with Crippen molar-refractivity contribution >= 4 is 0 Å². The molecule has 1 radical (unpaired) electrons. The van der Waals surface area contributed by atoms with Crippen molar-refractivity contribution in [2.24, 2.45) is 5.92 Å². The first-order valence-corrected chi connectivity index (χ1v) is 5.83. The third kappa shape index (κ3) is 1.24. The van der Waals surface area contributed by atoms with E-state index in [4.69, 9.17) is 4.74 Å². The Bertz CT molecular complexity index is 235. The molecular weight excluding hydrogens is 176 g/mol. The summed E-state index contributed by atoms with van der Waals surface area (Å²) in [5.41, 5.74) is -0.373. The minimum absolute atomic E-state index is 0.0260. The summed E-state index contributed by atoms with van der Waals surface area (Å²) in [6.07, 6.45) is 6.43. The van der Waals surface area contributed by atoms with Crippen molar-refractivity contribution in [2.75, 3.05) is 6.61 Å². The summed E-state index contributed by atoms with van der Waals surface area (Å²) in [6, 6.07) is 0. The molecule has 14 heavy (non-hydrogen) atoms. The van der Waals surface area contributed by atoms with Gasteiger partial charge in [0.1, 0.15) is 0 Å². The van der Waals surface area contributed by atoms with Crippen molar-refractivity contribution in [3.8, 4) is 0 Å². The third-order valence-electron chi connectivity index (χ3n) is 4.16. The maximum atomic E-state index is 10.4. The van der Waals surface area contributed by atoms with Crippen LogP contribution in [0.15, 0.2) is 0 Å². The summed E-state index contributed by atoms with van der Waals surface area (Å²) in [6.45, 7) is 2.85. The molecule has 0 spiro atoms. The molecule has 0 aromatic heterocycles. The lowest BCUT2D eigenvalue weighted by Gasteiger charge is -2.59. The molecule has 0 saturated heterocycles. The van der Waals surface area contributed by atoms with Crippen LogP contribution in [-0.4, -0.2) is 22.9 Å². The maximum absolute atomic E-state index is 10.4. The lowest BCUT2D eigenvalue weighted by atomic mass is 9.52. The smallest absolute Gasteiger partial charge is 0.0717 e. The fourth-order valence-electron chi connectivity index (χ4n) is 4.30. The quantitative estimate of drug-likeness (QED) is 0.731. The minimum atomic E-state index is -0.399. The molecule has 2 nitrogen and oxygen atoms in total. The van der Waals surface area contributed by atoms with Crippen molar-refractivity contribution in [3.05, 3.63) is 5.92 Å². The van der Waals surface area contributed by atoms with E-state index in [1.165, 1.54) is 12.8 Å². The van der Waals surface area contributed by atoms with Crippen LogP contribution in [0.4, 0.5) is 0 Å². The highest BCUT2D eigenvalue weighted by atomic mass is 16.5. The predicted octanol–water partition coefficient (Wildman–Crippen LogP) is 2.06. The normalized spacial score (nSPS) is 51.4. The molecule has 0 aromatic rings. The van der Waals surface area contributed by atoms with Gasteiger partial charge in [0.15, 0.2) is 0 Å². The second-order valence-electron chi connectivity index (χ2n) is 5.60. The molecule has 79 valence electrons. The number of rotatable bonds is 2. The summed E-state index contributed by atoms with van der Waals surface area (Å²) in [4.78, 5) is 0. The lowest BCUT2D eigenvalue weighted by molar-refractivity contribution is -0.188. The Morgan fingerprint density at radius 2 is 2.29 bits per heavy atom. The molecule has 4 rings (SSSR count). The Kier molecular flexibility index (Phi) is 1.79. The van der Waals surface area contributed by atoms with Gasteiger partial charge >= 0.3 is 0 Å². The standard InChI is InChI=1S/C12H19O2/c1-2-14-12-6-9-3-10(7-12)5-11(13,4-9)8-12/h9,13H,2-8H2,1H3. The molecule has 0 amide bonds. The molecule has 4 bridgehead atoms. The van der Waals surface area contributed by atoms with Crippen molar-refractivity contribution in [2.45, 2.75) is 56.7 Å². The molecule has 1 N–H and O–H groups in total. The van der Waals surface area contributed by atoms with Crippen LogP contribution in [0.25, 0.3) is 0 Å². The molecule has 4 aliphatic carbocycles. The Hall–Kier alpha value is -0.0800. The number of hydrogen-bond acceptors (Lipinski definition) is 2. The summed E-state index contributed by atoms with van der Waals surface area (Å²) in [7, 11) is 0. The van der Waals surface area contributed by atoms with E-state index in [0.717, 1.165) is 32.3 Å². The third-order valence-corrected chi connectivity index (χ3v) is 4.16. The monoisotopic (exact) mass is 195 g/mol. The van der Waals surface area contributed by atoms with Crippen molar-refractivity contribution < 1.29 is 9.84 Å². The van der Waals surface area contributed by atoms with Crippen LogP contribution in [0.2, 0.25) is 0 Å². The summed E-state index contributed by atoms with van der Waals surface area (Å²) in [5.74, 6) is 2.27. The van der Waals surface area contributed by atoms with E-state index in [1.807, 2.05) is 0 Å². The van der Waals surface area contributed by atoms with Gasteiger partial charge in [-0.15, -0.1) is 0 Å². The molecular formula is C12H19O2. The molecule has 3 atom stereocenters. The molecule has 4 saturated carbocycles. The van der Waals surface area contributed by atoms with E-state index in [-0.39, 0.29) is 5.60 Å². The molecule has 4 fully saturated rings. The SMILES string of the molecule is CCOC12C[C]3CC(CC(O)(C3)C1)C2. The lowest BCUT2D eigenvalue weighted by Crippen LogP contribution is -2.59. The highest BCUT2D eigenvalue weighted by molar-refractivity contribution is 5.20. The van der Waals surface area contributed by atoms with Gasteiger partial charge in [-0.25, -0.2) is 0 Å². The van der Waals surface area contributed by atoms with Gasteiger partial charge in [0.25, 0.3) is 0 Å². The number of ether oxygens (including phenoxy) is 1. The van der Waals surface area contributed by atoms with E-state index in [2.05, 4.69) is 6.92 Å². The van der Waals surface area contributed by atoms with Crippen LogP contribution in [0.3, 0.4) is 0 Å². The number of aliphatic hydroxyl groups is 1. The first kappa shape index (κ1) is 9.17. The Morgan fingerprint density at radius 3 is 2.93 bits per heavy atom. The Morgan fingerprint density at radius 1 is 1.43 bits per heavy atom. The average molecular weight is 195 g/mol. The van der Waals surface area contributed by atoms with Crippen LogP contribution in [0.5, 0.6) is 0 Å². The fourth-order valence-corrected chi connectivity index (χ4v) is 4.30. The average Bonchev–Trinajstić information content (AvgIpc) is 1.97. The largest absolute Gasteiger partial charge is 0.390 e. The maximum Gasteiger partial charge on any atom is 0.0717 e. The van der Waals surface area contributed by atoms with E-state index in [0.29, 0.717) is 5.92 Å². The van der Waals surface area contributed by atoms with Crippen LogP contribution >= 0.6 is 0 Å². The van der Waals surface area contributed by atoms with Gasteiger partial charge in [0, 0.05) is 13.0 Å². The van der Waals surface area contributed by atoms with Crippen LogP contribution < -0.4 is 0 Å². The zero-order valence-corrected chi connectivity index (χ0v) is 8.88. The van der Waals surface area contributed by atoms with Crippen LogP contribution in [-0.2, 0) is 4.74 Å². The van der Waals surface area contributed by atoms with E-state index in [9.17, 15) is 5.11 Å². The highest BCUT2D eigenvalue weighted by Gasteiger charge is 2.57. The van der Waals surface area contributed by atoms with Gasteiger partial charge in [-0.3, -0.25) is 0 Å². The molecule has 0 aliphatic heterocycles. The topological polar surface area (TPSA) is 29.5 Å². The number of hydrogen-bond donors (Lipinski definition) is 1. The fraction of sp³-hybridized carbons (Fsp3) is 0.917. The zero-order valence-electron chi connectivity index (χ0n) is 8.88. The van der Waals surface area contributed by atoms with Crippen molar-refractivity contribution in [1.29, 1.82) is 0 Å². The zero-order chi connectivity index (χ0) is 9.81. The molecule has 3 unspecified atom stereocenters. The summed E-state index contributed by atoms with van der Waals surface area (Å²) >= 11 is 0. The summed E-state index contributed by atoms with van der Waals surface area (Å²) < 4.78 is 5.93. The Labute approximate surface area is 85.6 Å². The first-order chi connectivity index (χ1) is 6.63. The van der Waals surface area contributed by atoms with Gasteiger partial charge in [-0.2, -0.15) is 0 Å². The molecule has 4 aliphatic rings. The van der Waals surface area contributed by atoms with Crippen LogP contribution in [0, 0.1) is 11.8 Å². The highest BCUT2D eigenvalue weighted by Crippen LogP contribution is 2.59. The Balaban J connectivity index is 1.89. The second kappa shape index (κ2) is 2.73. The first-order valence-electron chi connectivity index (χ1n) is 5.83. The predicted molar refractivity (Wildman–Crippen MR) is 53.7 cm³/mol. The van der Waals surface area contributed by atoms with Gasteiger partial charge in [0.2, 0.25) is 0 Å². The van der Waals surface area contributed by atoms with Crippen LogP contribution in [0.1, 0.15) is 45.4 Å². The van der Waals surface area contributed by atoms with E-state index in [1.54, 1.807) is 5.92 Å². The van der Waals surface area contributed by atoms with Gasteiger partial charge in [-0.1, -0.05) is 0 Å². The second-order valence-corrected chi connectivity index (χ2v) is 5.60. The van der Waals surface area contributed by atoms with Crippen molar-refractivity contribution in [3.63, 3.8) is 0 Å². The van der Waals surface area contributed by atoms with Gasteiger partial charge in [0.05, 0.1) is 11.2 Å².